The SMILES string of the molecule is CCCCCC(=O)N(Cc1ccccc1)Cc1cccc(Oc2ccccc2)c1. The van der Waals surface area contributed by atoms with Gasteiger partial charge in [0, 0.05) is 19.5 Å². The number of nitrogens with zero attached hydrogens (tertiary/aromatic N) is 1. The van der Waals surface area contributed by atoms with Crippen LogP contribution < -0.4 is 4.74 Å². The van der Waals surface area contributed by atoms with Gasteiger partial charge in [0.25, 0.3) is 0 Å². The van der Waals surface area contributed by atoms with E-state index in [1.807, 2.05) is 71.6 Å². The zero-order valence-electron chi connectivity index (χ0n) is 17.1. The number of rotatable bonds is 10. The van der Waals surface area contributed by atoms with Crippen LogP contribution in [-0.4, -0.2) is 10.8 Å². The average Bonchev–Trinajstić information content (AvgIpc) is 2.75. The standard InChI is InChI=1S/C26H29NO2/c1-2-3-6-18-26(28)27(20-22-12-7-4-8-13-22)21-23-14-11-17-25(19-23)29-24-15-9-5-10-16-24/h4-5,7-17,19H,2-3,6,18,20-21H2,1H3. The van der Waals surface area contributed by atoms with Gasteiger partial charge in [-0.2, -0.15) is 0 Å². The Hall–Kier alpha value is -3.07. The van der Waals surface area contributed by atoms with Crippen LogP contribution in [0.25, 0.3) is 0 Å². The molecule has 0 N–H and O–H groups in total. The van der Waals surface area contributed by atoms with Gasteiger partial charge in [0.05, 0.1) is 0 Å². The molecular weight excluding hydrogens is 358 g/mol. The van der Waals surface area contributed by atoms with Crippen molar-refractivity contribution in [1.82, 2.24) is 4.90 Å². The molecule has 0 atom stereocenters. The molecule has 3 rings (SSSR count). The van der Waals surface area contributed by atoms with E-state index in [2.05, 4.69) is 25.1 Å². The molecular formula is C26H29NO2. The van der Waals surface area contributed by atoms with Gasteiger partial charge in [-0.25, -0.2) is 0 Å². The van der Waals surface area contributed by atoms with Crippen molar-refractivity contribution in [2.24, 2.45) is 0 Å². The lowest BCUT2D eigenvalue weighted by Crippen LogP contribution is -2.29. The van der Waals surface area contributed by atoms with E-state index in [0.29, 0.717) is 19.5 Å². The Balaban J connectivity index is 1.72. The van der Waals surface area contributed by atoms with Gasteiger partial charge in [0.2, 0.25) is 5.91 Å². The molecule has 150 valence electrons. The van der Waals surface area contributed by atoms with E-state index >= 15 is 0 Å². The molecule has 0 saturated heterocycles. The number of benzene rings is 3. The zero-order valence-corrected chi connectivity index (χ0v) is 17.1. The maximum atomic E-state index is 12.9. The van der Waals surface area contributed by atoms with E-state index in [9.17, 15) is 4.79 Å². The summed E-state index contributed by atoms with van der Waals surface area (Å²) in [7, 11) is 0. The van der Waals surface area contributed by atoms with E-state index < -0.39 is 0 Å². The lowest BCUT2D eigenvalue weighted by molar-refractivity contribution is -0.132. The van der Waals surface area contributed by atoms with E-state index in [4.69, 9.17) is 4.74 Å². The van der Waals surface area contributed by atoms with E-state index in [0.717, 1.165) is 41.9 Å². The van der Waals surface area contributed by atoms with Crippen LogP contribution in [0.2, 0.25) is 0 Å². The molecule has 0 aromatic heterocycles. The van der Waals surface area contributed by atoms with Gasteiger partial charge >= 0.3 is 0 Å². The highest BCUT2D eigenvalue weighted by Gasteiger charge is 2.15. The summed E-state index contributed by atoms with van der Waals surface area (Å²) in [4.78, 5) is 14.8. The number of carbonyl (C=O) groups is 1. The van der Waals surface area contributed by atoms with Crippen molar-refractivity contribution in [2.75, 3.05) is 0 Å². The molecule has 3 aromatic carbocycles. The smallest absolute Gasteiger partial charge is 0.223 e. The van der Waals surface area contributed by atoms with Crippen molar-refractivity contribution in [3.05, 3.63) is 96.1 Å². The molecule has 3 nitrogen and oxygen atoms in total. The molecule has 0 bridgehead atoms. The summed E-state index contributed by atoms with van der Waals surface area (Å²) in [5.74, 6) is 1.80. The molecule has 0 radical (unpaired) electrons. The van der Waals surface area contributed by atoms with Crippen molar-refractivity contribution >= 4 is 5.91 Å². The second-order valence-electron chi connectivity index (χ2n) is 7.26. The molecule has 0 saturated carbocycles. The van der Waals surface area contributed by atoms with Crippen LogP contribution in [-0.2, 0) is 17.9 Å². The predicted molar refractivity (Wildman–Crippen MR) is 118 cm³/mol. The third kappa shape index (κ3) is 6.79. The van der Waals surface area contributed by atoms with Crippen molar-refractivity contribution in [3.63, 3.8) is 0 Å². The summed E-state index contributed by atoms with van der Waals surface area (Å²) in [5.41, 5.74) is 2.21. The van der Waals surface area contributed by atoms with Gasteiger partial charge in [-0.05, 0) is 41.8 Å². The molecule has 3 aromatic rings. The van der Waals surface area contributed by atoms with Crippen molar-refractivity contribution < 1.29 is 9.53 Å². The van der Waals surface area contributed by atoms with E-state index in [-0.39, 0.29) is 5.91 Å². The van der Waals surface area contributed by atoms with Crippen molar-refractivity contribution in [2.45, 2.75) is 45.7 Å². The molecule has 0 fully saturated rings. The largest absolute Gasteiger partial charge is 0.457 e. The predicted octanol–water partition coefficient (Wildman–Crippen LogP) is 6.59. The molecule has 0 aliphatic rings. The fourth-order valence-electron chi connectivity index (χ4n) is 3.27. The quantitative estimate of drug-likeness (QED) is 0.367. The Kier molecular flexibility index (Phi) is 7.88. The first kappa shape index (κ1) is 20.7. The van der Waals surface area contributed by atoms with Gasteiger partial charge in [-0.15, -0.1) is 0 Å². The van der Waals surface area contributed by atoms with Gasteiger partial charge in [-0.3, -0.25) is 4.79 Å². The number of amides is 1. The molecule has 0 aliphatic heterocycles. The molecule has 0 unspecified atom stereocenters. The first-order valence-electron chi connectivity index (χ1n) is 10.4. The topological polar surface area (TPSA) is 29.5 Å². The summed E-state index contributed by atoms with van der Waals surface area (Å²) < 4.78 is 5.96. The molecule has 0 aliphatic carbocycles. The number of carbonyl (C=O) groups excluding carboxylic acids is 1. The number of hydrogen-bond donors (Lipinski definition) is 0. The van der Waals surface area contributed by atoms with Gasteiger partial charge in [-0.1, -0.05) is 80.4 Å². The second-order valence-corrected chi connectivity index (χ2v) is 7.26. The number of ether oxygens (including phenoxy) is 1. The Morgan fingerprint density at radius 3 is 2.10 bits per heavy atom. The van der Waals surface area contributed by atoms with E-state index in [1.54, 1.807) is 0 Å². The highest BCUT2D eigenvalue weighted by Crippen LogP contribution is 2.23. The van der Waals surface area contributed by atoms with Gasteiger partial charge in [0.1, 0.15) is 11.5 Å². The van der Waals surface area contributed by atoms with Crippen LogP contribution in [0.3, 0.4) is 0 Å². The fourth-order valence-corrected chi connectivity index (χ4v) is 3.27. The number of hydrogen-bond acceptors (Lipinski definition) is 2. The lowest BCUT2D eigenvalue weighted by atomic mass is 10.1. The summed E-state index contributed by atoms with van der Waals surface area (Å²) in [5, 5.41) is 0. The molecule has 1 amide bonds. The zero-order chi connectivity index (χ0) is 20.3. The first-order valence-corrected chi connectivity index (χ1v) is 10.4. The van der Waals surface area contributed by atoms with Crippen LogP contribution in [0.1, 0.15) is 43.7 Å². The van der Waals surface area contributed by atoms with Crippen LogP contribution in [0.5, 0.6) is 11.5 Å². The van der Waals surface area contributed by atoms with E-state index in [1.165, 1.54) is 0 Å². The van der Waals surface area contributed by atoms with Gasteiger partial charge in [0.15, 0.2) is 0 Å². The Morgan fingerprint density at radius 2 is 1.38 bits per heavy atom. The minimum absolute atomic E-state index is 0.205. The molecule has 0 spiro atoms. The van der Waals surface area contributed by atoms with Crippen LogP contribution in [0, 0.1) is 0 Å². The van der Waals surface area contributed by atoms with Crippen LogP contribution >= 0.6 is 0 Å². The van der Waals surface area contributed by atoms with Crippen molar-refractivity contribution in [3.8, 4) is 11.5 Å². The molecule has 29 heavy (non-hydrogen) atoms. The van der Waals surface area contributed by atoms with Crippen LogP contribution in [0.15, 0.2) is 84.9 Å². The highest BCUT2D eigenvalue weighted by atomic mass is 16.5. The summed E-state index contributed by atoms with van der Waals surface area (Å²) in [6.45, 7) is 3.35. The molecule has 0 heterocycles. The summed E-state index contributed by atoms with van der Waals surface area (Å²) >= 11 is 0. The monoisotopic (exact) mass is 387 g/mol. The Morgan fingerprint density at radius 1 is 0.759 bits per heavy atom. The number of para-hydroxylation sites is 1. The summed E-state index contributed by atoms with van der Waals surface area (Å²) in [6.07, 6.45) is 3.74. The third-order valence-electron chi connectivity index (χ3n) is 4.81. The van der Waals surface area contributed by atoms with Crippen LogP contribution in [0.4, 0.5) is 0 Å². The van der Waals surface area contributed by atoms with Gasteiger partial charge < -0.3 is 9.64 Å². The maximum absolute atomic E-state index is 12.9. The first-order chi connectivity index (χ1) is 14.2. The second kappa shape index (κ2) is 11.1. The fraction of sp³-hybridized carbons (Fsp3) is 0.269. The highest BCUT2D eigenvalue weighted by molar-refractivity contribution is 5.76. The molecule has 3 heteroatoms. The number of unbranched alkanes of at least 4 members (excludes halogenated alkanes) is 2. The lowest BCUT2D eigenvalue weighted by Gasteiger charge is -2.23. The van der Waals surface area contributed by atoms with Crippen molar-refractivity contribution in [1.29, 1.82) is 0 Å². The normalized spacial score (nSPS) is 10.5. The maximum Gasteiger partial charge on any atom is 0.223 e. The minimum Gasteiger partial charge on any atom is -0.457 e. The Labute approximate surface area is 174 Å². The summed E-state index contributed by atoms with van der Waals surface area (Å²) in [6, 6.07) is 27.9. The Bertz CT molecular complexity index is 877. The minimum atomic E-state index is 0.205. The third-order valence-corrected chi connectivity index (χ3v) is 4.81. The average molecular weight is 388 g/mol.